The molecular weight excluding hydrogens is 488 g/mol. The molecule has 4 rings (SSSR count). The highest BCUT2D eigenvalue weighted by molar-refractivity contribution is 6.09. The number of imide groups is 1. The Kier molecular flexibility index (Phi) is 8.63. The number of ether oxygens (including phenoxy) is 2. The standard InChI is InChI=1S/C28H36N4O6/c1-28(2,3)23(17-30-27(35)36)38-15-14-37-13-5-6-18-8-9-21-20(16-18)19-7-4-12-29-25(19)32(21)22-10-11-24(33)31-26(22)34/h4,7-9,12,16,22-23,30H,5-6,10-11,13-15,17H2,1-3H3,(H,35,36)(H,31,33,34). The minimum absolute atomic E-state index is 0.196. The first kappa shape index (κ1) is 27.5. The third-order valence-electron chi connectivity index (χ3n) is 6.85. The van der Waals surface area contributed by atoms with Crippen molar-refractivity contribution in [1.82, 2.24) is 20.2 Å². The van der Waals surface area contributed by atoms with E-state index in [1.807, 2.05) is 43.5 Å². The summed E-state index contributed by atoms with van der Waals surface area (Å²) in [5.41, 5.74) is 2.63. The van der Waals surface area contributed by atoms with E-state index in [0.29, 0.717) is 32.7 Å². The van der Waals surface area contributed by atoms with Crippen LogP contribution in [0.5, 0.6) is 0 Å². The Morgan fingerprint density at radius 2 is 2.03 bits per heavy atom. The molecule has 38 heavy (non-hydrogen) atoms. The normalized spacial score (nSPS) is 17.1. The molecule has 10 heteroatoms. The Morgan fingerprint density at radius 3 is 2.76 bits per heavy atom. The molecule has 3 heterocycles. The predicted molar refractivity (Wildman–Crippen MR) is 143 cm³/mol. The largest absolute Gasteiger partial charge is 0.465 e. The molecule has 3 amide bonds. The fraction of sp³-hybridized carbons (Fsp3) is 0.500. The lowest BCUT2D eigenvalue weighted by Crippen LogP contribution is -2.41. The summed E-state index contributed by atoms with van der Waals surface area (Å²) in [5.74, 6) is -0.525. The Morgan fingerprint density at radius 1 is 1.21 bits per heavy atom. The number of piperidine rings is 1. The van der Waals surface area contributed by atoms with Crippen LogP contribution in [-0.2, 0) is 25.5 Å². The number of nitrogens with zero attached hydrogens (tertiary/aromatic N) is 2. The Labute approximate surface area is 221 Å². The molecule has 1 fully saturated rings. The average Bonchev–Trinajstić information content (AvgIpc) is 3.18. The van der Waals surface area contributed by atoms with Crippen LogP contribution in [0.4, 0.5) is 4.79 Å². The monoisotopic (exact) mass is 524 g/mol. The van der Waals surface area contributed by atoms with Gasteiger partial charge in [0.2, 0.25) is 11.8 Å². The van der Waals surface area contributed by atoms with Gasteiger partial charge in [-0.05, 0) is 54.5 Å². The van der Waals surface area contributed by atoms with Crippen molar-refractivity contribution in [2.24, 2.45) is 5.41 Å². The lowest BCUT2D eigenvalue weighted by molar-refractivity contribution is -0.135. The van der Waals surface area contributed by atoms with Crippen molar-refractivity contribution in [3.05, 3.63) is 42.1 Å². The van der Waals surface area contributed by atoms with Crippen molar-refractivity contribution >= 4 is 39.8 Å². The van der Waals surface area contributed by atoms with Crippen LogP contribution >= 0.6 is 0 Å². The molecule has 3 aromatic rings. The van der Waals surface area contributed by atoms with E-state index in [1.165, 1.54) is 0 Å². The van der Waals surface area contributed by atoms with E-state index in [4.69, 9.17) is 14.6 Å². The summed E-state index contributed by atoms with van der Waals surface area (Å²) in [4.78, 5) is 39.7. The highest BCUT2D eigenvalue weighted by Gasteiger charge is 2.31. The number of hydrogen-bond acceptors (Lipinski definition) is 6. The zero-order valence-electron chi connectivity index (χ0n) is 22.2. The van der Waals surface area contributed by atoms with Gasteiger partial charge in [0, 0.05) is 36.5 Å². The summed E-state index contributed by atoms with van der Waals surface area (Å²) in [7, 11) is 0. The van der Waals surface area contributed by atoms with Gasteiger partial charge >= 0.3 is 6.09 Å². The molecule has 10 nitrogen and oxygen atoms in total. The van der Waals surface area contributed by atoms with Crippen LogP contribution in [-0.4, -0.2) is 65.0 Å². The van der Waals surface area contributed by atoms with Crippen molar-refractivity contribution in [2.75, 3.05) is 26.4 Å². The maximum absolute atomic E-state index is 12.6. The van der Waals surface area contributed by atoms with Crippen LogP contribution < -0.4 is 10.6 Å². The number of aryl methyl sites for hydroxylation is 1. The maximum Gasteiger partial charge on any atom is 0.404 e. The van der Waals surface area contributed by atoms with Crippen LogP contribution in [0.1, 0.15) is 51.6 Å². The molecule has 0 radical (unpaired) electrons. The number of rotatable bonds is 11. The van der Waals surface area contributed by atoms with Crippen LogP contribution in [0, 0.1) is 5.41 Å². The number of fused-ring (bicyclic) bond motifs is 3. The maximum atomic E-state index is 12.6. The van der Waals surface area contributed by atoms with Gasteiger partial charge in [0.25, 0.3) is 0 Å². The van der Waals surface area contributed by atoms with E-state index in [0.717, 1.165) is 40.3 Å². The second-order valence-electron chi connectivity index (χ2n) is 10.7. The fourth-order valence-electron chi connectivity index (χ4n) is 4.85. The van der Waals surface area contributed by atoms with Gasteiger partial charge < -0.3 is 24.5 Å². The molecular formula is C28H36N4O6. The number of pyridine rings is 1. The summed E-state index contributed by atoms with van der Waals surface area (Å²) >= 11 is 0. The van der Waals surface area contributed by atoms with Crippen molar-refractivity contribution in [1.29, 1.82) is 0 Å². The van der Waals surface area contributed by atoms with Gasteiger partial charge in [0.05, 0.1) is 24.8 Å². The first-order valence-electron chi connectivity index (χ1n) is 13.0. The minimum Gasteiger partial charge on any atom is -0.465 e. The van der Waals surface area contributed by atoms with E-state index in [1.54, 1.807) is 6.20 Å². The van der Waals surface area contributed by atoms with Crippen molar-refractivity contribution < 1.29 is 29.0 Å². The summed E-state index contributed by atoms with van der Waals surface area (Å²) in [5, 5.41) is 15.7. The lowest BCUT2D eigenvalue weighted by Gasteiger charge is -2.30. The Bertz CT molecular complexity index is 1310. The summed E-state index contributed by atoms with van der Waals surface area (Å²) < 4.78 is 13.6. The second-order valence-corrected chi connectivity index (χ2v) is 10.7. The van der Waals surface area contributed by atoms with Crippen molar-refractivity contribution in [2.45, 2.75) is 58.6 Å². The van der Waals surface area contributed by atoms with E-state index < -0.39 is 12.1 Å². The zero-order chi connectivity index (χ0) is 27.3. The second kappa shape index (κ2) is 11.9. The number of benzene rings is 1. The van der Waals surface area contributed by atoms with E-state index in [2.05, 4.69) is 27.8 Å². The number of aromatic nitrogens is 2. The number of carboxylic acid groups (broad SMARTS) is 1. The topological polar surface area (TPSA) is 132 Å². The van der Waals surface area contributed by atoms with Gasteiger partial charge in [-0.3, -0.25) is 14.9 Å². The summed E-state index contributed by atoms with van der Waals surface area (Å²) in [6.07, 6.45) is 2.84. The zero-order valence-corrected chi connectivity index (χ0v) is 22.2. The number of carbonyl (C=O) groups is 3. The smallest absolute Gasteiger partial charge is 0.404 e. The van der Waals surface area contributed by atoms with E-state index in [9.17, 15) is 14.4 Å². The van der Waals surface area contributed by atoms with Gasteiger partial charge in [-0.25, -0.2) is 9.78 Å². The Hall–Kier alpha value is -3.50. The molecule has 3 N–H and O–H groups in total. The first-order valence-corrected chi connectivity index (χ1v) is 13.0. The molecule has 1 aliphatic rings. The minimum atomic E-state index is -1.06. The molecule has 0 saturated carbocycles. The van der Waals surface area contributed by atoms with Crippen LogP contribution in [0.3, 0.4) is 0 Å². The quantitative estimate of drug-likeness (QED) is 0.257. The lowest BCUT2D eigenvalue weighted by atomic mass is 9.89. The highest BCUT2D eigenvalue weighted by atomic mass is 16.5. The predicted octanol–water partition coefficient (Wildman–Crippen LogP) is 3.82. The molecule has 2 aromatic heterocycles. The van der Waals surface area contributed by atoms with E-state index >= 15 is 0 Å². The third-order valence-corrected chi connectivity index (χ3v) is 6.85. The van der Waals surface area contributed by atoms with Crippen molar-refractivity contribution in [3.8, 4) is 0 Å². The third kappa shape index (κ3) is 6.49. The molecule has 204 valence electrons. The molecule has 2 unspecified atom stereocenters. The number of nitrogens with one attached hydrogen (secondary N) is 2. The van der Waals surface area contributed by atoms with Gasteiger partial charge in [-0.2, -0.15) is 0 Å². The van der Waals surface area contributed by atoms with E-state index in [-0.39, 0.29) is 29.9 Å². The van der Waals surface area contributed by atoms with Crippen LogP contribution in [0.2, 0.25) is 0 Å². The van der Waals surface area contributed by atoms with Gasteiger partial charge in [0.1, 0.15) is 11.7 Å². The molecule has 0 aliphatic carbocycles. The molecule has 2 atom stereocenters. The summed E-state index contributed by atoms with van der Waals surface area (Å²) in [6, 6.07) is 9.67. The molecule has 0 spiro atoms. The number of amides is 3. The Balaban J connectivity index is 1.34. The van der Waals surface area contributed by atoms with Gasteiger partial charge in [0.15, 0.2) is 0 Å². The number of hydrogen-bond donors (Lipinski definition) is 3. The van der Waals surface area contributed by atoms with Crippen molar-refractivity contribution in [3.63, 3.8) is 0 Å². The molecule has 1 aliphatic heterocycles. The van der Waals surface area contributed by atoms with Crippen LogP contribution in [0.15, 0.2) is 36.5 Å². The number of carbonyl (C=O) groups excluding carboxylic acids is 2. The molecule has 1 aromatic carbocycles. The fourth-order valence-corrected chi connectivity index (χ4v) is 4.85. The van der Waals surface area contributed by atoms with Crippen LogP contribution in [0.25, 0.3) is 21.9 Å². The molecule has 1 saturated heterocycles. The first-order chi connectivity index (χ1) is 18.1. The SMILES string of the molecule is CC(C)(C)C(CNC(=O)O)OCCOCCCc1ccc2c(c1)c1cccnc1n2C1CCC(=O)NC1=O. The van der Waals surface area contributed by atoms with Gasteiger partial charge in [-0.1, -0.05) is 26.8 Å². The average molecular weight is 525 g/mol. The summed E-state index contributed by atoms with van der Waals surface area (Å²) in [6.45, 7) is 7.67. The van der Waals surface area contributed by atoms with Gasteiger partial charge in [-0.15, -0.1) is 0 Å². The highest BCUT2D eigenvalue weighted by Crippen LogP contribution is 2.34. The molecule has 0 bridgehead atoms.